The van der Waals surface area contributed by atoms with Crippen molar-refractivity contribution in [3.8, 4) is 0 Å². The van der Waals surface area contributed by atoms with Crippen LogP contribution >= 0.6 is 0 Å². The van der Waals surface area contributed by atoms with E-state index >= 15 is 0 Å². The van der Waals surface area contributed by atoms with Gasteiger partial charge in [0.2, 0.25) is 0 Å². The van der Waals surface area contributed by atoms with Crippen LogP contribution < -0.4 is 10.6 Å². The van der Waals surface area contributed by atoms with Crippen LogP contribution in [-0.2, 0) is 6.42 Å². The highest BCUT2D eigenvalue weighted by molar-refractivity contribution is 5.89. The number of amides is 2. The lowest BCUT2D eigenvalue weighted by Crippen LogP contribution is -2.31. The number of urea groups is 1. The largest absolute Gasteiger partial charge is 0.377 e. The van der Waals surface area contributed by atoms with Crippen molar-refractivity contribution in [3.63, 3.8) is 0 Å². The van der Waals surface area contributed by atoms with Crippen LogP contribution in [0.2, 0.25) is 0 Å². The van der Waals surface area contributed by atoms with Gasteiger partial charge >= 0.3 is 6.03 Å². The van der Waals surface area contributed by atoms with E-state index in [9.17, 15) is 13.6 Å². The molecule has 2 amide bonds. The minimum Gasteiger partial charge on any atom is -0.377 e. The molecule has 0 spiro atoms. The van der Waals surface area contributed by atoms with Gasteiger partial charge in [-0.3, -0.25) is 0 Å². The Morgan fingerprint density at radius 2 is 1.67 bits per heavy atom. The summed E-state index contributed by atoms with van der Waals surface area (Å²) in [6.07, 6.45) is 4.85. The lowest BCUT2D eigenvalue weighted by atomic mass is 10.1. The molecule has 0 unspecified atom stereocenters. The van der Waals surface area contributed by atoms with Crippen LogP contribution in [0.3, 0.4) is 0 Å². The SMILES string of the molecule is O=C(NCCCN1C=C(Cc2ccc(F)cc2)CC1)Nc1ccc(F)cc1. The first kappa shape index (κ1) is 18.9. The van der Waals surface area contributed by atoms with Crippen LogP contribution in [0.15, 0.2) is 60.3 Å². The fourth-order valence-corrected chi connectivity index (χ4v) is 3.04. The molecular weight excluding hydrogens is 348 g/mol. The van der Waals surface area contributed by atoms with Crippen molar-refractivity contribution in [2.24, 2.45) is 0 Å². The summed E-state index contributed by atoms with van der Waals surface area (Å²) in [5, 5.41) is 5.47. The Kier molecular flexibility index (Phi) is 6.41. The summed E-state index contributed by atoms with van der Waals surface area (Å²) in [6, 6.07) is 12.0. The molecule has 0 bridgehead atoms. The van der Waals surface area contributed by atoms with Crippen molar-refractivity contribution in [1.29, 1.82) is 0 Å². The van der Waals surface area contributed by atoms with Crippen LogP contribution in [0.4, 0.5) is 19.3 Å². The summed E-state index contributed by atoms with van der Waals surface area (Å²) < 4.78 is 25.8. The fraction of sp³-hybridized carbons (Fsp3) is 0.286. The molecule has 6 heteroatoms. The zero-order valence-electron chi connectivity index (χ0n) is 15.1. The number of halogens is 2. The van der Waals surface area contributed by atoms with Gasteiger partial charge in [-0.15, -0.1) is 0 Å². The summed E-state index contributed by atoms with van der Waals surface area (Å²) in [5.74, 6) is -0.546. The van der Waals surface area contributed by atoms with Gasteiger partial charge in [-0.05, 0) is 73.0 Å². The van der Waals surface area contributed by atoms with E-state index in [1.165, 1.54) is 42.0 Å². The Balaban J connectivity index is 1.34. The smallest absolute Gasteiger partial charge is 0.319 e. The number of hydrogen-bond acceptors (Lipinski definition) is 2. The molecule has 142 valence electrons. The van der Waals surface area contributed by atoms with Crippen LogP contribution in [0, 0.1) is 11.6 Å². The topological polar surface area (TPSA) is 44.4 Å². The van der Waals surface area contributed by atoms with E-state index in [1.807, 2.05) is 12.1 Å². The van der Waals surface area contributed by atoms with Crippen LogP contribution in [0.1, 0.15) is 18.4 Å². The number of hydrogen-bond donors (Lipinski definition) is 2. The molecule has 2 aromatic rings. The first-order valence-electron chi connectivity index (χ1n) is 9.07. The molecule has 2 N–H and O–H groups in total. The zero-order valence-corrected chi connectivity index (χ0v) is 15.1. The van der Waals surface area contributed by atoms with Crippen molar-refractivity contribution in [2.75, 3.05) is 25.0 Å². The third-order valence-electron chi connectivity index (χ3n) is 4.44. The molecular formula is C21H23F2N3O. The minimum atomic E-state index is -0.335. The highest BCUT2D eigenvalue weighted by atomic mass is 19.1. The summed E-state index contributed by atoms with van der Waals surface area (Å²) in [4.78, 5) is 14.1. The van der Waals surface area contributed by atoms with Crippen LogP contribution in [0.5, 0.6) is 0 Å². The highest BCUT2D eigenvalue weighted by Crippen LogP contribution is 2.19. The maximum Gasteiger partial charge on any atom is 0.319 e. The van der Waals surface area contributed by atoms with Crippen molar-refractivity contribution in [1.82, 2.24) is 10.2 Å². The van der Waals surface area contributed by atoms with Gasteiger partial charge in [-0.25, -0.2) is 13.6 Å². The number of nitrogens with zero attached hydrogens (tertiary/aromatic N) is 1. The molecule has 0 aromatic heterocycles. The quantitative estimate of drug-likeness (QED) is 0.713. The average Bonchev–Trinajstić information content (AvgIpc) is 3.10. The number of rotatable bonds is 7. The predicted molar refractivity (Wildman–Crippen MR) is 102 cm³/mol. The first-order valence-corrected chi connectivity index (χ1v) is 9.07. The fourth-order valence-electron chi connectivity index (χ4n) is 3.04. The van der Waals surface area contributed by atoms with Crippen LogP contribution in [0.25, 0.3) is 0 Å². The van der Waals surface area contributed by atoms with Crippen molar-refractivity contribution in [2.45, 2.75) is 19.3 Å². The summed E-state index contributed by atoms with van der Waals surface area (Å²) in [5.41, 5.74) is 3.01. The molecule has 1 aliphatic heterocycles. The number of carbonyl (C=O) groups is 1. The Labute approximate surface area is 157 Å². The maximum absolute atomic E-state index is 13.0. The molecule has 3 rings (SSSR count). The molecule has 0 saturated heterocycles. The lowest BCUT2D eigenvalue weighted by Gasteiger charge is -2.15. The monoisotopic (exact) mass is 371 g/mol. The molecule has 0 atom stereocenters. The molecule has 27 heavy (non-hydrogen) atoms. The van der Waals surface area contributed by atoms with Crippen molar-refractivity contribution >= 4 is 11.7 Å². The zero-order chi connectivity index (χ0) is 19.1. The summed E-state index contributed by atoms with van der Waals surface area (Å²) >= 11 is 0. The molecule has 2 aromatic carbocycles. The standard InChI is InChI=1S/C21H23F2N3O/c22-18-4-2-16(3-5-18)14-17-10-13-26(15-17)12-1-11-24-21(27)25-20-8-6-19(23)7-9-20/h2-9,15H,1,10-14H2,(H2,24,25,27). The van der Waals surface area contributed by atoms with Gasteiger partial charge in [-0.2, -0.15) is 0 Å². The Morgan fingerprint density at radius 1 is 1.00 bits per heavy atom. The second kappa shape index (κ2) is 9.16. The van der Waals surface area contributed by atoms with Gasteiger partial charge in [0, 0.05) is 25.3 Å². The molecule has 1 heterocycles. The number of nitrogens with one attached hydrogen (secondary N) is 2. The predicted octanol–water partition coefficient (Wildman–Crippen LogP) is 4.31. The van der Waals surface area contributed by atoms with Crippen molar-refractivity contribution < 1.29 is 13.6 Å². The van der Waals surface area contributed by atoms with E-state index in [2.05, 4.69) is 21.7 Å². The first-order chi connectivity index (χ1) is 13.1. The molecule has 4 nitrogen and oxygen atoms in total. The molecule has 0 aliphatic carbocycles. The second-order valence-electron chi connectivity index (χ2n) is 6.62. The minimum absolute atomic E-state index is 0.211. The summed E-state index contributed by atoms with van der Waals surface area (Å²) in [7, 11) is 0. The second-order valence-corrected chi connectivity index (χ2v) is 6.62. The highest BCUT2D eigenvalue weighted by Gasteiger charge is 2.12. The van der Waals surface area contributed by atoms with Gasteiger partial charge in [0.25, 0.3) is 0 Å². The van der Waals surface area contributed by atoms with Gasteiger partial charge in [0.1, 0.15) is 11.6 Å². The van der Waals surface area contributed by atoms with E-state index < -0.39 is 0 Å². The number of carbonyl (C=O) groups excluding carboxylic acids is 1. The Hall–Kier alpha value is -2.89. The molecule has 1 aliphatic rings. The lowest BCUT2D eigenvalue weighted by molar-refractivity contribution is 0.251. The normalized spacial score (nSPS) is 13.4. The van der Waals surface area contributed by atoms with E-state index in [-0.39, 0.29) is 17.7 Å². The molecule has 0 fully saturated rings. The van der Waals surface area contributed by atoms with E-state index in [0.717, 1.165) is 37.9 Å². The number of anilines is 1. The summed E-state index contributed by atoms with van der Waals surface area (Å²) in [6.45, 7) is 2.40. The van der Waals surface area contributed by atoms with Crippen LogP contribution in [-0.4, -0.2) is 30.6 Å². The van der Waals surface area contributed by atoms with E-state index in [4.69, 9.17) is 0 Å². The molecule has 0 radical (unpaired) electrons. The van der Waals surface area contributed by atoms with E-state index in [1.54, 1.807) is 0 Å². The molecule has 0 saturated carbocycles. The van der Waals surface area contributed by atoms with Gasteiger partial charge in [-0.1, -0.05) is 12.1 Å². The number of benzene rings is 2. The maximum atomic E-state index is 13.0. The van der Waals surface area contributed by atoms with Gasteiger partial charge in [0.05, 0.1) is 0 Å². The Morgan fingerprint density at radius 3 is 2.37 bits per heavy atom. The average molecular weight is 371 g/mol. The Bertz CT molecular complexity index is 788. The van der Waals surface area contributed by atoms with E-state index in [0.29, 0.717) is 12.2 Å². The third kappa shape index (κ3) is 6.09. The van der Waals surface area contributed by atoms with Crippen molar-refractivity contribution in [3.05, 3.63) is 77.5 Å². The third-order valence-corrected chi connectivity index (χ3v) is 4.44. The van der Waals surface area contributed by atoms with Gasteiger partial charge in [0.15, 0.2) is 0 Å². The van der Waals surface area contributed by atoms with Gasteiger partial charge < -0.3 is 15.5 Å².